The van der Waals surface area contributed by atoms with E-state index in [0.717, 1.165) is 16.9 Å². The molecule has 0 bridgehead atoms. The van der Waals surface area contributed by atoms with Crippen LogP contribution >= 0.6 is 22.7 Å². The summed E-state index contributed by atoms with van der Waals surface area (Å²) >= 11 is 3.06. The lowest BCUT2D eigenvalue weighted by atomic mass is 9.98. The van der Waals surface area contributed by atoms with Crippen molar-refractivity contribution >= 4 is 39.6 Å². The summed E-state index contributed by atoms with van der Waals surface area (Å²) in [6, 6.07) is 12.3. The maximum Gasteiger partial charge on any atom is 0.228 e. The monoisotopic (exact) mass is 439 g/mol. The number of carbonyl (C=O) groups is 2. The summed E-state index contributed by atoms with van der Waals surface area (Å²) in [5, 5.41) is 7.77. The molecule has 0 spiro atoms. The Labute approximate surface area is 184 Å². The summed E-state index contributed by atoms with van der Waals surface area (Å²) < 4.78 is 0. The molecule has 7 heteroatoms. The molecule has 1 aliphatic heterocycles. The van der Waals surface area contributed by atoms with Gasteiger partial charge < -0.3 is 5.32 Å². The zero-order valence-corrected chi connectivity index (χ0v) is 18.8. The molecule has 2 amide bonds. The molecule has 1 fully saturated rings. The third kappa shape index (κ3) is 4.63. The summed E-state index contributed by atoms with van der Waals surface area (Å²) in [4.78, 5) is 32.1. The maximum absolute atomic E-state index is 12.8. The number of nitrogens with one attached hydrogen (secondary N) is 1. The summed E-state index contributed by atoms with van der Waals surface area (Å²) in [7, 11) is 0. The van der Waals surface area contributed by atoms with Crippen molar-refractivity contribution in [2.75, 3.05) is 11.4 Å². The molecule has 1 N–H and O–H groups in total. The van der Waals surface area contributed by atoms with Gasteiger partial charge in [0, 0.05) is 23.2 Å². The van der Waals surface area contributed by atoms with E-state index in [2.05, 4.69) is 48.4 Å². The molecule has 156 valence electrons. The molecule has 3 aromatic rings. The minimum atomic E-state index is -0.183. The van der Waals surface area contributed by atoms with Crippen LogP contribution in [0.25, 0.3) is 0 Å². The standard InChI is InChI=1S/C23H25N3O2S2/c1-15(2)16-7-9-17(10-8-16)22(19-5-4-12-29-19)25-20(27)13-18-14-30-23(24-18)26-11-3-6-21(26)28/h4-5,7-10,12,14-15,22H,3,6,11,13H2,1-2H3,(H,25,27)/t22-/m0/s1. The highest BCUT2D eigenvalue weighted by atomic mass is 32.1. The molecule has 2 aromatic heterocycles. The SMILES string of the molecule is CC(C)c1ccc([C@H](NC(=O)Cc2csc(N3CCCC3=O)n2)c2cccs2)cc1. The Kier molecular flexibility index (Phi) is 6.29. The van der Waals surface area contributed by atoms with Gasteiger partial charge in [0.15, 0.2) is 5.13 Å². The summed E-state index contributed by atoms with van der Waals surface area (Å²) in [5.74, 6) is 0.504. The first kappa shape index (κ1) is 20.8. The van der Waals surface area contributed by atoms with Crippen LogP contribution in [0.15, 0.2) is 47.2 Å². The first-order chi connectivity index (χ1) is 14.5. The van der Waals surface area contributed by atoms with Gasteiger partial charge in [0.05, 0.1) is 18.2 Å². The van der Waals surface area contributed by atoms with Crippen LogP contribution in [0.4, 0.5) is 5.13 Å². The molecule has 1 saturated heterocycles. The number of hydrogen-bond donors (Lipinski definition) is 1. The van der Waals surface area contributed by atoms with E-state index >= 15 is 0 Å². The summed E-state index contributed by atoms with van der Waals surface area (Å²) in [5.41, 5.74) is 3.05. The lowest BCUT2D eigenvalue weighted by molar-refractivity contribution is -0.121. The normalized spacial score (nSPS) is 15.0. The van der Waals surface area contributed by atoms with E-state index < -0.39 is 0 Å². The molecule has 1 aromatic carbocycles. The van der Waals surface area contributed by atoms with E-state index in [1.165, 1.54) is 16.9 Å². The molecular weight excluding hydrogens is 414 g/mol. The predicted octanol–water partition coefficient (Wildman–Crippen LogP) is 4.90. The first-order valence-corrected chi connectivity index (χ1v) is 11.9. The number of amides is 2. The Bertz CT molecular complexity index is 1010. The Morgan fingerprint density at radius 2 is 1.93 bits per heavy atom. The van der Waals surface area contributed by atoms with Crippen molar-refractivity contribution in [2.24, 2.45) is 0 Å². The van der Waals surface area contributed by atoms with Crippen molar-refractivity contribution in [3.05, 3.63) is 68.9 Å². The average molecular weight is 440 g/mol. The number of thiophene rings is 1. The second-order valence-corrected chi connectivity index (χ2v) is 9.60. The predicted molar refractivity (Wildman–Crippen MR) is 122 cm³/mol. The van der Waals surface area contributed by atoms with Gasteiger partial charge in [-0.15, -0.1) is 22.7 Å². The van der Waals surface area contributed by atoms with Gasteiger partial charge in [0.25, 0.3) is 0 Å². The van der Waals surface area contributed by atoms with Gasteiger partial charge in [-0.05, 0) is 34.9 Å². The van der Waals surface area contributed by atoms with Crippen molar-refractivity contribution in [1.29, 1.82) is 0 Å². The van der Waals surface area contributed by atoms with E-state index in [4.69, 9.17) is 0 Å². The van der Waals surface area contributed by atoms with Crippen LogP contribution in [0.3, 0.4) is 0 Å². The van der Waals surface area contributed by atoms with E-state index in [-0.39, 0.29) is 24.3 Å². The van der Waals surface area contributed by atoms with E-state index in [1.807, 2.05) is 22.9 Å². The zero-order valence-electron chi connectivity index (χ0n) is 17.1. The van der Waals surface area contributed by atoms with Crippen molar-refractivity contribution < 1.29 is 9.59 Å². The Hall–Kier alpha value is -2.51. The quantitative estimate of drug-likeness (QED) is 0.569. The number of hydrogen-bond acceptors (Lipinski definition) is 5. The number of aromatic nitrogens is 1. The van der Waals surface area contributed by atoms with Crippen LogP contribution in [0.5, 0.6) is 0 Å². The number of benzene rings is 1. The largest absolute Gasteiger partial charge is 0.344 e. The smallest absolute Gasteiger partial charge is 0.228 e. The number of nitrogens with zero attached hydrogens (tertiary/aromatic N) is 2. The van der Waals surface area contributed by atoms with Crippen LogP contribution in [-0.2, 0) is 16.0 Å². The molecule has 0 aliphatic carbocycles. The number of thiazole rings is 1. The van der Waals surface area contributed by atoms with E-state index in [1.54, 1.807) is 16.2 Å². The Morgan fingerprint density at radius 3 is 2.57 bits per heavy atom. The van der Waals surface area contributed by atoms with Gasteiger partial charge in [-0.3, -0.25) is 14.5 Å². The second-order valence-electron chi connectivity index (χ2n) is 7.78. The summed E-state index contributed by atoms with van der Waals surface area (Å²) in [6.07, 6.45) is 1.64. The van der Waals surface area contributed by atoms with Crippen molar-refractivity contribution in [3.8, 4) is 0 Å². The molecule has 1 aliphatic rings. The number of carbonyl (C=O) groups excluding carboxylic acids is 2. The Balaban J connectivity index is 1.47. The number of anilines is 1. The maximum atomic E-state index is 12.8. The minimum absolute atomic E-state index is 0.0778. The topological polar surface area (TPSA) is 62.3 Å². The highest BCUT2D eigenvalue weighted by molar-refractivity contribution is 7.14. The van der Waals surface area contributed by atoms with Gasteiger partial charge in [-0.1, -0.05) is 44.2 Å². The fourth-order valence-electron chi connectivity index (χ4n) is 3.58. The Morgan fingerprint density at radius 1 is 1.17 bits per heavy atom. The lowest BCUT2D eigenvalue weighted by Gasteiger charge is -2.19. The van der Waals surface area contributed by atoms with Gasteiger partial charge in [-0.2, -0.15) is 0 Å². The highest BCUT2D eigenvalue weighted by Crippen LogP contribution is 2.28. The van der Waals surface area contributed by atoms with Crippen LogP contribution in [0.1, 0.15) is 60.3 Å². The van der Waals surface area contributed by atoms with Crippen molar-refractivity contribution in [3.63, 3.8) is 0 Å². The molecule has 0 saturated carbocycles. The minimum Gasteiger partial charge on any atom is -0.344 e. The molecule has 1 atom stereocenters. The first-order valence-electron chi connectivity index (χ1n) is 10.2. The van der Waals surface area contributed by atoms with Crippen LogP contribution in [0.2, 0.25) is 0 Å². The fraction of sp³-hybridized carbons (Fsp3) is 0.348. The van der Waals surface area contributed by atoms with Crippen LogP contribution < -0.4 is 10.2 Å². The van der Waals surface area contributed by atoms with E-state index in [0.29, 0.717) is 29.7 Å². The van der Waals surface area contributed by atoms with Gasteiger partial charge in [0.2, 0.25) is 11.8 Å². The van der Waals surface area contributed by atoms with Crippen LogP contribution in [0, 0.1) is 0 Å². The molecule has 0 unspecified atom stereocenters. The molecule has 30 heavy (non-hydrogen) atoms. The third-order valence-electron chi connectivity index (χ3n) is 5.26. The average Bonchev–Trinajstić information content (AvgIpc) is 3.48. The number of rotatable bonds is 7. The van der Waals surface area contributed by atoms with Crippen molar-refractivity contribution in [1.82, 2.24) is 10.3 Å². The zero-order chi connectivity index (χ0) is 21.1. The summed E-state index contributed by atoms with van der Waals surface area (Å²) in [6.45, 7) is 5.06. The third-order valence-corrected chi connectivity index (χ3v) is 7.10. The second kappa shape index (κ2) is 9.10. The molecule has 5 nitrogen and oxygen atoms in total. The highest BCUT2D eigenvalue weighted by Gasteiger charge is 2.25. The molecule has 3 heterocycles. The van der Waals surface area contributed by atoms with Gasteiger partial charge >= 0.3 is 0 Å². The molecule has 4 rings (SSSR count). The van der Waals surface area contributed by atoms with Gasteiger partial charge in [0.1, 0.15) is 0 Å². The lowest BCUT2D eigenvalue weighted by Crippen LogP contribution is -2.30. The fourth-order valence-corrected chi connectivity index (χ4v) is 5.25. The van der Waals surface area contributed by atoms with Gasteiger partial charge in [-0.25, -0.2) is 4.98 Å². The molecule has 0 radical (unpaired) electrons. The van der Waals surface area contributed by atoms with E-state index in [9.17, 15) is 9.59 Å². The van der Waals surface area contributed by atoms with Crippen molar-refractivity contribution in [2.45, 2.75) is 45.1 Å². The molecular formula is C23H25N3O2S2. The van der Waals surface area contributed by atoms with Crippen LogP contribution in [-0.4, -0.2) is 23.3 Å².